The molecule has 0 fully saturated rings. The van der Waals surface area contributed by atoms with Crippen molar-refractivity contribution in [2.75, 3.05) is 31.8 Å². The lowest BCUT2D eigenvalue weighted by molar-refractivity contribution is -0.129. The molecule has 2 aliphatic rings. The Morgan fingerprint density at radius 3 is 2.51 bits per heavy atom. The second-order valence-corrected chi connectivity index (χ2v) is 11.6. The van der Waals surface area contributed by atoms with Crippen LogP contribution in [0.15, 0.2) is 81.8 Å². The van der Waals surface area contributed by atoms with Crippen molar-refractivity contribution in [2.24, 2.45) is 0 Å². The molecule has 2 amide bonds. The number of thioether (sulfide) groups is 1. The molecule has 210 valence electrons. The number of para-hydroxylation sites is 1. The van der Waals surface area contributed by atoms with E-state index in [4.69, 9.17) is 9.47 Å². The molecule has 1 atom stereocenters. The summed E-state index contributed by atoms with van der Waals surface area (Å²) in [6.45, 7) is 2.91. The van der Waals surface area contributed by atoms with Gasteiger partial charge in [0.25, 0.3) is 5.91 Å². The van der Waals surface area contributed by atoms with Gasteiger partial charge in [-0.15, -0.1) is 11.3 Å². The van der Waals surface area contributed by atoms with E-state index in [0.29, 0.717) is 52.1 Å². The normalized spacial score (nSPS) is 16.4. The largest absolute Gasteiger partial charge is 0.493 e. The van der Waals surface area contributed by atoms with E-state index in [2.05, 4.69) is 16.7 Å². The van der Waals surface area contributed by atoms with Gasteiger partial charge in [-0.2, -0.15) is 5.26 Å². The van der Waals surface area contributed by atoms with Gasteiger partial charge in [0.15, 0.2) is 11.5 Å². The van der Waals surface area contributed by atoms with E-state index in [-0.39, 0.29) is 17.6 Å². The molecule has 0 bridgehead atoms. The van der Waals surface area contributed by atoms with Crippen LogP contribution in [0.25, 0.3) is 0 Å². The fourth-order valence-corrected chi connectivity index (χ4v) is 6.95. The molecule has 8 nitrogen and oxygen atoms in total. The van der Waals surface area contributed by atoms with E-state index in [1.54, 1.807) is 14.2 Å². The first kappa shape index (κ1) is 28.3. The minimum atomic E-state index is -0.535. The SMILES string of the molecule is COc1cc2c(cc1OC)CN(C(=O)CSC1=C(C#N)[C@H](c3cccs3)C(C(=O)Nc3ccccc3)=C(C)N1)CC2. The highest BCUT2D eigenvalue weighted by Crippen LogP contribution is 2.42. The Bertz CT molecular complexity index is 1560. The summed E-state index contributed by atoms with van der Waals surface area (Å²) >= 11 is 2.79. The van der Waals surface area contributed by atoms with E-state index >= 15 is 0 Å². The minimum Gasteiger partial charge on any atom is -0.493 e. The smallest absolute Gasteiger partial charge is 0.254 e. The van der Waals surface area contributed by atoms with Crippen LogP contribution in [0.5, 0.6) is 11.5 Å². The molecule has 2 aliphatic heterocycles. The van der Waals surface area contributed by atoms with E-state index in [1.807, 2.05) is 71.8 Å². The zero-order valence-corrected chi connectivity index (χ0v) is 24.7. The van der Waals surface area contributed by atoms with Gasteiger partial charge in [0.05, 0.1) is 42.6 Å². The maximum atomic E-state index is 13.5. The third-order valence-corrected chi connectivity index (χ3v) is 9.10. The fraction of sp³-hybridized carbons (Fsp3) is 0.258. The number of carbonyl (C=O) groups is 2. The first-order chi connectivity index (χ1) is 19.9. The van der Waals surface area contributed by atoms with Crippen molar-refractivity contribution in [3.05, 3.63) is 97.9 Å². The van der Waals surface area contributed by atoms with Gasteiger partial charge in [0.2, 0.25) is 5.91 Å². The van der Waals surface area contributed by atoms with E-state index < -0.39 is 5.92 Å². The maximum Gasteiger partial charge on any atom is 0.254 e. The average molecular weight is 587 g/mol. The number of amides is 2. The van der Waals surface area contributed by atoms with Gasteiger partial charge < -0.3 is 25.0 Å². The first-order valence-electron chi connectivity index (χ1n) is 13.1. The van der Waals surface area contributed by atoms with Crippen molar-refractivity contribution in [1.29, 1.82) is 5.26 Å². The molecule has 3 aromatic rings. The summed E-state index contributed by atoms with van der Waals surface area (Å²) in [5.41, 5.74) is 4.42. The van der Waals surface area contributed by atoms with Gasteiger partial charge in [-0.05, 0) is 60.2 Å². The fourth-order valence-electron chi connectivity index (χ4n) is 5.11. The Morgan fingerprint density at radius 2 is 1.85 bits per heavy atom. The quantitative estimate of drug-likeness (QED) is 0.363. The van der Waals surface area contributed by atoms with Crippen molar-refractivity contribution in [3.63, 3.8) is 0 Å². The molecule has 5 rings (SSSR count). The number of hydrogen-bond donors (Lipinski definition) is 2. The third-order valence-electron chi connectivity index (χ3n) is 7.16. The lowest BCUT2D eigenvalue weighted by Crippen LogP contribution is -2.37. The molecule has 0 unspecified atom stereocenters. The van der Waals surface area contributed by atoms with E-state index in [1.165, 1.54) is 23.1 Å². The number of hydrogen-bond acceptors (Lipinski definition) is 8. The van der Waals surface area contributed by atoms with Crippen LogP contribution in [0.2, 0.25) is 0 Å². The van der Waals surface area contributed by atoms with Gasteiger partial charge in [-0.1, -0.05) is 36.0 Å². The molecular weight excluding hydrogens is 556 g/mol. The highest BCUT2D eigenvalue weighted by atomic mass is 32.2. The van der Waals surface area contributed by atoms with Crippen LogP contribution in [-0.4, -0.2) is 43.2 Å². The number of rotatable bonds is 8. The molecule has 2 N–H and O–H groups in total. The van der Waals surface area contributed by atoms with Gasteiger partial charge in [0.1, 0.15) is 0 Å². The summed E-state index contributed by atoms with van der Waals surface area (Å²) in [7, 11) is 3.21. The van der Waals surface area contributed by atoms with Gasteiger partial charge in [-0.25, -0.2) is 0 Å². The maximum absolute atomic E-state index is 13.5. The number of thiophene rings is 1. The van der Waals surface area contributed by atoms with Crippen LogP contribution >= 0.6 is 23.1 Å². The molecule has 0 aliphatic carbocycles. The zero-order valence-electron chi connectivity index (χ0n) is 23.0. The lowest BCUT2D eigenvalue weighted by Gasteiger charge is -2.31. The van der Waals surface area contributed by atoms with Crippen LogP contribution in [0.3, 0.4) is 0 Å². The Kier molecular flexibility index (Phi) is 8.67. The molecule has 0 radical (unpaired) electrons. The van der Waals surface area contributed by atoms with Crippen LogP contribution < -0.4 is 20.1 Å². The molecule has 41 heavy (non-hydrogen) atoms. The molecule has 0 spiro atoms. The molecule has 10 heteroatoms. The number of fused-ring (bicyclic) bond motifs is 1. The number of benzene rings is 2. The van der Waals surface area contributed by atoms with Crippen molar-refractivity contribution in [3.8, 4) is 17.6 Å². The third kappa shape index (κ3) is 5.97. The summed E-state index contributed by atoms with van der Waals surface area (Å²) < 4.78 is 10.9. The number of dihydropyridines is 1. The first-order valence-corrected chi connectivity index (χ1v) is 15.0. The van der Waals surface area contributed by atoms with Gasteiger partial charge in [-0.3, -0.25) is 9.59 Å². The Hall–Kier alpha value is -4.20. The standard InChI is InChI=1S/C31H30N4O4S2/c1-19-28(30(37)34-22-8-5-4-6-9-22)29(26-10-7-13-40-26)23(16-32)31(33-19)41-18-27(36)35-12-11-20-14-24(38-2)25(39-3)15-21(20)17-35/h4-10,13-15,29,33H,11-12,17-18H2,1-3H3,(H,34,37)/t29-/m1/s1. The second-order valence-electron chi connectivity index (χ2n) is 9.62. The van der Waals surface area contributed by atoms with Gasteiger partial charge in [0, 0.05) is 34.9 Å². The average Bonchev–Trinajstić information content (AvgIpc) is 3.53. The number of nitriles is 1. The number of carbonyl (C=O) groups excluding carboxylic acids is 2. The second kappa shape index (κ2) is 12.5. The number of anilines is 1. The van der Waals surface area contributed by atoms with Crippen molar-refractivity contribution in [2.45, 2.75) is 25.8 Å². The van der Waals surface area contributed by atoms with Crippen LogP contribution in [0.1, 0.15) is 28.8 Å². The summed E-state index contributed by atoms with van der Waals surface area (Å²) in [4.78, 5) is 29.5. The molecular formula is C31H30N4O4S2. The number of nitrogens with zero attached hydrogens (tertiary/aromatic N) is 2. The topological polar surface area (TPSA) is 104 Å². The Labute approximate surface area is 247 Å². The van der Waals surface area contributed by atoms with E-state index in [9.17, 15) is 14.9 Å². The predicted molar refractivity (Wildman–Crippen MR) is 162 cm³/mol. The number of ether oxygens (including phenoxy) is 2. The van der Waals surface area contributed by atoms with E-state index in [0.717, 1.165) is 22.4 Å². The lowest BCUT2D eigenvalue weighted by atomic mass is 9.86. The Morgan fingerprint density at radius 1 is 1.12 bits per heavy atom. The zero-order chi connectivity index (χ0) is 28.9. The predicted octanol–water partition coefficient (Wildman–Crippen LogP) is 5.42. The molecule has 0 saturated heterocycles. The van der Waals surface area contributed by atoms with Crippen molar-refractivity contribution in [1.82, 2.24) is 10.2 Å². The van der Waals surface area contributed by atoms with Crippen LogP contribution in [0, 0.1) is 11.3 Å². The van der Waals surface area contributed by atoms with Crippen molar-refractivity contribution >= 4 is 40.6 Å². The molecule has 3 heterocycles. The minimum absolute atomic E-state index is 0.0241. The van der Waals surface area contributed by atoms with Gasteiger partial charge >= 0.3 is 0 Å². The number of methoxy groups -OCH3 is 2. The monoisotopic (exact) mass is 586 g/mol. The molecule has 1 aromatic heterocycles. The molecule has 2 aromatic carbocycles. The van der Waals surface area contributed by atoms with Crippen LogP contribution in [0.4, 0.5) is 5.69 Å². The molecule has 0 saturated carbocycles. The number of allylic oxidation sites excluding steroid dienone is 2. The van der Waals surface area contributed by atoms with Crippen LogP contribution in [-0.2, 0) is 22.6 Å². The summed E-state index contributed by atoms with van der Waals surface area (Å²) in [6.07, 6.45) is 0.721. The summed E-state index contributed by atoms with van der Waals surface area (Å²) in [6, 6.07) is 19.3. The number of nitrogens with one attached hydrogen (secondary N) is 2. The van der Waals surface area contributed by atoms with Crippen molar-refractivity contribution < 1.29 is 19.1 Å². The summed E-state index contributed by atoms with van der Waals surface area (Å²) in [5.74, 6) is 0.648. The highest BCUT2D eigenvalue weighted by Gasteiger charge is 2.36. The highest BCUT2D eigenvalue weighted by molar-refractivity contribution is 8.03. The summed E-state index contributed by atoms with van der Waals surface area (Å²) in [5, 5.41) is 19.1. The Balaban J connectivity index is 1.35.